The quantitative estimate of drug-likeness (QED) is 0.876. The summed E-state index contributed by atoms with van der Waals surface area (Å²) in [6, 6.07) is 4.76. The van der Waals surface area contributed by atoms with Crippen molar-refractivity contribution in [2.45, 2.75) is 32.9 Å². The zero-order valence-corrected chi connectivity index (χ0v) is 11.2. The summed E-state index contributed by atoms with van der Waals surface area (Å²) in [5, 5.41) is 8.97. The molecule has 0 aromatic carbocycles. The third kappa shape index (κ3) is 2.90. The molecular formula is C12H16N2S2. The first-order valence-electron chi connectivity index (χ1n) is 5.47. The van der Waals surface area contributed by atoms with Crippen molar-refractivity contribution in [1.29, 1.82) is 0 Å². The molecule has 0 fully saturated rings. The van der Waals surface area contributed by atoms with Gasteiger partial charge in [-0.3, -0.25) is 0 Å². The van der Waals surface area contributed by atoms with E-state index >= 15 is 0 Å². The second-order valence-corrected chi connectivity index (χ2v) is 5.66. The first-order valence-corrected chi connectivity index (χ1v) is 7.23. The lowest BCUT2D eigenvalue weighted by molar-refractivity contribution is 0.525. The largest absolute Gasteiger partial charge is 0.303 e. The second-order valence-electron chi connectivity index (χ2n) is 3.74. The molecule has 2 aromatic heterocycles. The van der Waals surface area contributed by atoms with Crippen LogP contribution in [0, 0.1) is 6.92 Å². The van der Waals surface area contributed by atoms with Crippen LogP contribution in [0.4, 0.5) is 0 Å². The van der Waals surface area contributed by atoms with Crippen molar-refractivity contribution >= 4 is 22.7 Å². The molecule has 2 nitrogen and oxygen atoms in total. The number of aromatic nitrogens is 1. The second kappa shape index (κ2) is 5.57. The van der Waals surface area contributed by atoms with Crippen LogP contribution in [0.3, 0.4) is 0 Å². The molecule has 2 aromatic rings. The predicted octanol–water partition coefficient (Wildman–Crippen LogP) is 3.75. The molecule has 16 heavy (non-hydrogen) atoms. The molecular weight excluding hydrogens is 236 g/mol. The number of nitrogens with zero attached hydrogens (tertiary/aromatic N) is 1. The van der Waals surface area contributed by atoms with Crippen LogP contribution in [0.1, 0.15) is 35.0 Å². The Morgan fingerprint density at radius 1 is 1.44 bits per heavy atom. The smallest absolute Gasteiger partial charge is 0.107 e. The summed E-state index contributed by atoms with van der Waals surface area (Å²) in [6.45, 7) is 5.12. The Labute approximate surface area is 104 Å². The molecule has 86 valence electrons. The minimum atomic E-state index is 0.462. The number of aryl methyl sites for hydroxylation is 1. The predicted molar refractivity (Wildman–Crippen MR) is 71.0 cm³/mol. The fourth-order valence-corrected chi connectivity index (χ4v) is 3.24. The van der Waals surface area contributed by atoms with Crippen LogP contribution in [-0.2, 0) is 6.54 Å². The topological polar surface area (TPSA) is 24.9 Å². The summed E-state index contributed by atoms with van der Waals surface area (Å²) in [4.78, 5) is 5.87. The molecule has 1 unspecified atom stereocenters. The lowest BCUT2D eigenvalue weighted by Gasteiger charge is -2.14. The molecule has 1 atom stereocenters. The van der Waals surface area contributed by atoms with Crippen molar-refractivity contribution < 1.29 is 0 Å². The highest BCUT2D eigenvalue weighted by atomic mass is 32.1. The van der Waals surface area contributed by atoms with Crippen molar-refractivity contribution in [3.8, 4) is 0 Å². The minimum Gasteiger partial charge on any atom is -0.303 e. The third-order valence-corrected chi connectivity index (χ3v) is 4.41. The van der Waals surface area contributed by atoms with Crippen molar-refractivity contribution in [3.63, 3.8) is 0 Å². The molecule has 0 radical (unpaired) electrons. The zero-order valence-electron chi connectivity index (χ0n) is 9.56. The summed E-state index contributed by atoms with van der Waals surface area (Å²) in [6.07, 6.45) is 1.12. The van der Waals surface area contributed by atoms with Crippen LogP contribution in [0.5, 0.6) is 0 Å². The van der Waals surface area contributed by atoms with Crippen molar-refractivity contribution in [1.82, 2.24) is 10.3 Å². The van der Waals surface area contributed by atoms with Crippen LogP contribution in [0.25, 0.3) is 0 Å². The molecule has 0 saturated heterocycles. The number of thiazole rings is 1. The van der Waals surface area contributed by atoms with Crippen LogP contribution in [-0.4, -0.2) is 4.98 Å². The van der Waals surface area contributed by atoms with Crippen LogP contribution in [0.2, 0.25) is 0 Å². The van der Waals surface area contributed by atoms with E-state index in [-0.39, 0.29) is 0 Å². The van der Waals surface area contributed by atoms with E-state index in [0.717, 1.165) is 18.7 Å². The highest BCUT2D eigenvalue weighted by molar-refractivity contribution is 7.10. The van der Waals surface area contributed by atoms with Gasteiger partial charge in [-0.1, -0.05) is 13.0 Å². The van der Waals surface area contributed by atoms with E-state index in [1.165, 1.54) is 9.88 Å². The van der Waals surface area contributed by atoms with Gasteiger partial charge in [-0.05, 0) is 24.8 Å². The first kappa shape index (κ1) is 11.8. The molecule has 0 amide bonds. The molecule has 2 rings (SSSR count). The normalized spacial score (nSPS) is 12.9. The van der Waals surface area contributed by atoms with Gasteiger partial charge in [0.05, 0.1) is 0 Å². The van der Waals surface area contributed by atoms with E-state index in [1.54, 1.807) is 11.3 Å². The summed E-state index contributed by atoms with van der Waals surface area (Å²) in [7, 11) is 0. The minimum absolute atomic E-state index is 0.462. The van der Waals surface area contributed by atoms with Gasteiger partial charge >= 0.3 is 0 Å². The van der Waals surface area contributed by atoms with E-state index in [4.69, 9.17) is 0 Å². The zero-order chi connectivity index (χ0) is 11.4. The lowest BCUT2D eigenvalue weighted by atomic mass is 10.2. The van der Waals surface area contributed by atoms with Gasteiger partial charge in [0.15, 0.2) is 0 Å². The van der Waals surface area contributed by atoms with Crippen molar-refractivity contribution in [3.05, 3.63) is 38.5 Å². The first-order chi connectivity index (χ1) is 7.79. The van der Waals surface area contributed by atoms with Gasteiger partial charge in [0, 0.05) is 28.5 Å². The molecule has 0 saturated carbocycles. The van der Waals surface area contributed by atoms with E-state index < -0.39 is 0 Å². The summed E-state index contributed by atoms with van der Waals surface area (Å²) in [5.74, 6) is 0. The molecule has 1 N–H and O–H groups in total. The summed E-state index contributed by atoms with van der Waals surface area (Å²) >= 11 is 3.55. The molecule has 0 aliphatic heterocycles. The van der Waals surface area contributed by atoms with Gasteiger partial charge in [-0.15, -0.1) is 22.7 Å². The highest BCUT2D eigenvalue weighted by Crippen LogP contribution is 2.22. The maximum atomic E-state index is 4.46. The molecule has 0 aliphatic rings. The van der Waals surface area contributed by atoms with Gasteiger partial charge in [-0.2, -0.15) is 0 Å². The van der Waals surface area contributed by atoms with Crippen molar-refractivity contribution in [2.24, 2.45) is 0 Å². The Morgan fingerprint density at radius 2 is 2.31 bits per heavy atom. The fraction of sp³-hybridized carbons (Fsp3) is 0.417. The standard InChI is InChI=1S/C12H16N2S2/c1-3-10(11-5-4-6-15-11)13-7-12-14-9(2)8-16-12/h4-6,8,10,13H,3,7H2,1-2H3. The Bertz CT molecular complexity index is 420. The number of hydrogen-bond donors (Lipinski definition) is 1. The van der Waals surface area contributed by atoms with Gasteiger partial charge in [0.1, 0.15) is 5.01 Å². The fourth-order valence-electron chi connectivity index (χ4n) is 1.63. The molecule has 4 heteroatoms. The summed E-state index contributed by atoms with van der Waals surface area (Å²) in [5.41, 5.74) is 1.12. The Morgan fingerprint density at radius 3 is 2.88 bits per heavy atom. The number of hydrogen-bond acceptors (Lipinski definition) is 4. The van der Waals surface area contributed by atoms with E-state index in [9.17, 15) is 0 Å². The monoisotopic (exact) mass is 252 g/mol. The number of nitrogens with one attached hydrogen (secondary N) is 1. The Kier molecular flexibility index (Phi) is 4.09. The third-order valence-electron chi connectivity index (χ3n) is 2.46. The Hall–Kier alpha value is -0.710. The van der Waals surface area contributed by atoms with E-state index in [2.05, 4.69) is 40.1 Å². The maximum absolute atomic E-state index is 4.46. The van der Waals surface area contributed by atoms with Crippen molar-refractivity contribution in [2.75, 3.05) is 0 Å². The van der Waals surface area contributed by atoms with Crippen LogP contribution in [0.15, 0.2) is 22.9 Å². The maximum Gasteiger partial charge on any atom is 0.107 e. The van der Waals surface area contributed by atoms with E-state index in [1.807, 2.05) is 18.3 Å². The van der Waals surface area contributed by atoms with Gasteiger partial charge in [-0.25, -0.2) is 4.98 Å². The van der Waals surface area contributed by atoms with Crippen LogP contribution >= 0.6 is 22.7 Å². The number of thiophene rings is 1. The number of rotatable bonds is 5. The molecule has 0 aliphatic carbocycles. The average molecular weight is 252 g/mol. The van der Waals surface area contributed by atoms with E-state index in [0.29, 0.717) is 6.04 Å². The molecule has 2 heterocycles. The van der Waals surface area contributed by atoms with Gasteiger partial charge in [0.2, 0.25) is 0 Å². The average Bonchev–Trinajstić information content (AvgIpc) is 2.91. The molecule has 0 spiro atoms. The SMILES string of the molecule is CCC(NCc1nc(C)cs1)c1cccs1. The Balaban J connectivity index is 1.93. The van der Waals surface area contributed by atoms with Gasteiger partial charge < -0.3 is 5.32 Å². The summed E-state index contributed by atoms with van der Waals surface area (Å²) < 4.78 is 0. The lowest BCUT2D eigenvalue weighted by Crippen LogP contribution is -2.19. The van der Waals surface area contributed by atoms with Gasteiger partial charge in [0.25, 0.3) is 0 Å². The van der Waals surface area contributed by atoms with Crippen LogP contribution < -0.4 is 5.32 Å². The highest BCUT2D eigenvalue weighted by Gasteiger charge is 2.10. The molecule has 0 bridgehead atoms.